The number of hydrogen-bond acceptors (Lipinski definition) is 6. The Morgan fingerprint density at radius 1 is 1.18 bits per heavy atom. The van der Waals surface area contributed by atoms with Gasteiger partial charge in [-0.05, 0) is 53.6 Å². The van der Waals surface area contributed by atoms with Crippen LogP contribution in [-0.4, -0.2) is 36.5 Å². The minimum absolute atomic E-state index is 0.0187. The zero-order valence-electron chi connectivity index (χ0n) is 15.8. The lowest BCUT2D eigenvalue weighted by Crippen LogP contribution is -2.34. The molecular weight excluding hydrogens is 374 g/mol. The van der Waals surface area contributed by atoms with Gasteiger partial charge in [-0.1, -0.05) is 55.4 Å². The Morgan fingerprint density at radius 2 is 1.89 bits per heavy atom. The summed E-state index contributed by atoms with van der Waals surface area (Å²) in [7, 11) is 0. The number of aromatic hydroxyl groups is 1. The van der Waals surface area contributed by atoms with E-state index in [9.17, 15) is 9.90 Å². The summed E-state index contributed by atoms with van der Waals surface area (Å²) in [6.07, 6.45) is 1.85. The van der Waals surface area contributed by atoms with Crippen LogP contribution in [0.25, 0.3) is 5.69 Å². The van der Waals surface area contributed by atoms with Crippen molar-refractivity contribution in [3.05, 3.63) is 60.2 Å². The van der Waals surface area contributed by atoms with Gasteiger partial charge in [0.1, 0.15) is 5.75 Å². The highest BCUT2D eigenvalue weighted by molar-refractivity contribution is 8.00. The van der Waals surface area contributed by atoms with Gasteiger partial charge in [-0.25, -0.2) is 0 Å². The van der Waals surface area contributed by atoms with Crippen LogP contribution in [0.4, 0.5) is 0 Å². The first-order valence-electron chi connectivity index (χ1n) is 9.18. The molecular formula is C20H23N5O2S. The van der Waals surface area contributed by atoms with E-state index >= 15 is 0 Å². The van der Waals surface area contributed by atoms with E-state index in [0.717, 1.165) is 18.4 Å². The highest BCUT2D eigenvalue weighted by Gasteiger charge is 2.22. The Kier molecular flexibility index (Phi) is 6.65. The van der Waals surface area contributed by atoms with Crippen LogP contribution in [0.5, 0.6) is 5.75 Å². The van der Waals surface area contributed by atoms with Crippen molar-refractivity contribution in [1.29, 1.82) is 0 Å². The van der Waals surface area contributed by atoms with E-state index in [4.69, 9.17) is 0 Å². The van der Waals surface area contributed by atoms with Crippen molar-refractivity contribution in [3.63, 3.8) is 0 Å². The molecule has 7 nitrogen and oxygen atoms in total. The Labute approximate surface area is 168 Å². The summed E-state index contributed by atoms with van der Waals surface area (Å²) < 4.78 is 1.55. The number of nitrogens with zero attached hydrogens (tertiary/aromatic N) is 4. The molecule has 2 N–H and O–H groups in total. The van der Waals surface area contributed by atoms with Gasteiger partial charge in [-0.2, -0.15) is 4.68 Å². The van der Waals surface area contributed by atoms with Crippen molar-refractivity contribution in [2.75, 3.05) is 0 Å². The third kappa shape index (κ3) is 4.89. The standard InChI is InChI=1S/C20H23N5O2S/c1-3-7-18(15-8-5-4-6-9-15)21-19(27)14(2)28-20-22-23-24-25(20)16-10-12-17(26)13-11-16/h4-6,8-14,18,26H,3,7H2,1-2H3,(H,21,27)/t14-,18-/m1/s1. The molecule has 3 aromatic rings. The molecule has 0 unspecified atom stereocenters. The number of phenols is 1. The van der Waals surface area contributed by atoms with Crippen LogP contribution in [0.15, 0.2) is 59.8 Å². The maximum Gasteiger partial charge on any atom is 0.233 e. The number of amides is 1. The number of hydrogen-bond donors (Lipinski definition) is 2. The molecule has 2 aromatic carbocycles. The van der Waals surface area contributed by atoms with Crippen LogP contribution >= 0.6 is 11.8 Å². The van der Waals surface area contributed by atoms with Gasteiger partial charge in [-0.3, -0.25) is 4.79 Å². The van der Waals surface area contributed by atoms with E-state index in [-0.39, 0.29) is 22.9 Å². The molecule has 1 amide bonds. The lowest BCUT2D eigenvalue weighted by atomic mass is 10.0. The molecule has 146 valence electrons. The molecule has 0 bridgehead atoms. The molecule has 0 spiro atoms. The Bertz CT molecular complexity index is 898. The number of aromatic nitrogens is 4. The predicted octanol–water partition coefficient (Wildman–Crippen LogP) is 3.51. The van der Waals surface area contributed by atoms with Gasteiger partial charge in [0.05, 0.1) is 17.0 Å². The van der Waals surface area contributed by atoms with Crippen molar-refractivity contribution in [2.45, 2.75) is 43.1 Å². The maximum atomic E-state index is 12.8. The monoisotopic (exact) mass is 397 g/mol. The summed E-state index contributed by atoms with van der Waals surface area (Å²) in [5, 5.41) is 24.5. The molecule has 0 aliphatic heterocycles. The summed E-state index contributed by atoms with van der Waals surface area (Å²) in [5.74, 6) is 0.106. The van der Waals surface area contributed by atoms with E-state index < -0.39 is 0 Å². The molecule has 2 atom stereocenters. The number of nitrogens with one attached hydrogen (secondary N) is 1. The molecule has 1 aromatic heterocycles. The number of thioether (sulfide) groups is 1. The first kappa shape index (κ1) is 19.9. The van der Waals surface area contributed by atoms with Crippen molar-refractivity contribution in [3.8, 4) is 11.4 Å². The average molecular weight is 398 g/mol. The highest BCUT2D eigenvalue weighted by atomic mass is 32.2. The Balaban J connectivity index is 1.69. The summed E-state index contributed by atoms with van der Waals surface area (Å²) in [4.78, 5) is 12.8. The second-order valence-corrected chi connectivity index (χ2v) is 7.72. The van der Waals surface area contributed by atoms with Gasteiger partial charge in [-0.15, -0.1) is 5.10 Å². The van der Waals surface area contributed by atoms with Crippen LogP contribution < -0.4 is 5.32 Å². The third-order valence-electron chi connectivity index (χ3n) is 4.28. The van der Waals surface area contributed by atoms with Gasteiger partial charge in [0, 0.05) is 0 Å². The smallest absolute Gasteiger partial charge is 0.233 e. The zero-order valence-corrected chi connectivity index (χ0v) is 16.6. The van der Waals surface area contributed by atoms with Gasteiger partial charge in [0.15, 0.2) is 0 Å². The second-order valence-electron chi connectivity index (χ2n) is 6.41. The molecule has 0 radical (unpaired) electrons. The first-order chi connectivity index (χ1) is 13.6. The largest absolute Gasteiger partial charge is 0.508 e. The molecule has 0 aliphatic carbocycles. The lowest BCUT2D eigenvalue weighted by molar-refractivity contribution is -0.121. The highest BCUT2D eigenvalue weighted by Crippen LogP contribution is 2.25. The topological polar surface area (TPSA) is 92.9 Å². The van der Waals surface area contributed by atoms with Crippen LogP contribution in [0.1, 0.15) is 38.3 Å². The molecule has 8 heteroatoms. The van der Waals surface area contributed by atoms with Gasteiger partial charge < -0.3 is 10.4 Å². The van der Waals surface area contributed by atoms with Crippen LogP contribution in [0, 0.1) is 0 Å². The van der Waals surface area contributed by atoms with Crippen LogP contribution in [-0.2, 0) is 4.79 Å². The van der Waals surface area contributed by atoms with Gasteiger partial charge >= 0.3 is 0 Å². The van der Waals surface area contributed by atoms with E-state index in [1.54, 1.807) is 28.9 Å². The predicted molar refractivity (Wildman–Crippen MR) is 108 cm³/mol. The molecule has 0 saturated heterocycles. The fourth-order valence-electron chi connectivity index (χ4n) is 2.81. The Morgan fingerprint density at radius 3 is 2.57 bits per heavy atom. The first-order valence-corrected chi connectivity index (χ1v) is 10.1. The van der Waals surface area contributed by atoms with E-state index in [0.29, 0.717) is 10.8 Å². The van der Waals surface area contributed by atoms with Crippen molar-refractivity contribution in [1.82, 2.24) is 25.5 Å². The third-order valence-corrected chi connectivity index (χ3v) is 5.32. The van der Waals surface area contributed by atoms with Crippen molar-refractivity contribution < 1.29 is 9.90 Å². The molecule has 1 heterocycles. The van der Waals surface area contributed by atoms with Crippen LogP contribution in [0.2, 0.25) is 0 Å². The van der Waals surface area contributed by atoms with E-state index in [1.807, 2.05) is 37.3 Å². The van der Waals surface area contributed by atoms with Crippen LogP contribution in [0.3, 0.4) is 0 Å². The fourth-order valence-corrected chi connectivity index (χ4v) is 3.62. The number of rotatable bonds is 8. The summed E-state index contributed by atoms with van der Waals surface area (Å²) in [5.41, 5.74) is 1.81. The zero-order chi connectivity index (χ0) is 19.9. The van der Waals surface area contributed by atoms with Gasteiger partial charge in [0.25, 0.3) is 0 Å². The Hall–Kier alpha value is -2.87. The average Bonchev–Trinajstić information content (AvgIpc) is 3.17. The number of carbonyl (C=O) groups excluding carboxylic acids is 1. The summed E-state index contributed by atoms with van der Waals surface area (Å²) >= 11 is 1.29. The quantitative estimate of drug-likeness (QED) is 0.565. The van der Waals surface area contributed by atoms with Gasteiger partial charge in [0.2, 0.25) is 11.1 Å². The number of carbonyl (C=O) groups is 1. The summed E-state index contributed by atoms with van der Waals surface area (Å²) in [6, 6.07) is 16.5. The molecule has 0 fully saturated rings. The normalized spacial score (nSPS) is 13.1. The number of phenolic OH excluding ortho intramolecular Hbond substituents is 1. The minimum Gasteiger partial charge on any atom is -0.508 e. The molecule has 3 rings (SSSR count). The van der Waals surface area contributed by atoms with E-state index in [1.165, 1.54) is 11.8 Å². The molecule has 0 saturated carbocycles. The van der Waals surface area contributed by atoms with Crippen molar-refractivity contribution in [2.24, 2.45) is 0 Å². The summed E-state index contributed by atoms with van der Waals surface area (Å²) in [6.45, 7) is 3.94. The number of tetrazole rings is 1. The lowest BCUT2D eigenvalue weighted by Gasteiger charge is -2.21. The minimum atomic E-state index is -0.370. The second kappa shape index (κ2) is 9.36. The maximum absolute atomic E-state index is 12.8. The van der Waals surface area contributed by atoms with Crippen molar-refractivity contribution >= 4 is 17.7 Å². The van der Waals surface area contributed by atoms with E-state index in [2.05, 4.69) is 27.8 Å². The number of benzene rings is 2. The SMILES string of the molecule is CCC[C@@H](NC(=O)[C@@H](C)Sc1nnnn1-c1ccc(O)cc1)c1ccccc1. The fraction of sp³-hybridized carbons (Fsp3) is 0.300. The molecule has 0 aliphatic rings. The molecule has 28 heavy (non-hydrogen) atoms.